The topological polar surface area (TPSA) is 100 Å². The molecule has 2 aliphatic heterocycles. The van der Waals surface area contributed by atoms with E-state index in [2.05, 4.69) is 32.7 Å². The molecule has 0 saturated carbocycles. The van der Waals surface area contributed by atoms with Gasteiger partial charge in [0, 0.05) is 12.6 Å². The average molecular weight is 381 g/mol. The minimum atomic E-state index is -0.848. The van der Waals surface area contributed by atoms with Gasteiger partial charge in [-0.05, 0) is 56.6 Å². The number of amidine groups is 1. The van der Waals surface area contributed by atoms with Crippen molar-refractivity contribution in [2.24, 2.45) is 4.99 Å². The molecule has 3 heterocycles. The lowest BCUT2D eigenvalue weighted by Crippen LogP contribution is -2.49. The van der Waals surface area contributed by atoms with Crippen LogP contribution in [0.25, 0.3) is 0 Å². The number of hydrogen-bond donors (Lipinski definition) is 2. The summed E-state index contributed by atoms with van der Waals surface area (Å²) in [5.74, 6) is 1.68. The number of halogens is 1. The van der Waals surface area contributed by atoms with E-state index in [1.807, 2.05) is 17.0 Å². The summed E-state index contributed by atoms with van der Waals surface area (Å²) in [6, 6.07) is 8.35. The summed E-state index contributed by atoms with van der Waals surface area (Å²) in [6.07, 6.45) is 2.21. The largest absolute Gasteiger partial charge is 0.351 e. The van der Waals surface area contributed by atoms with E-state index in [0.717, 1.165) is 18.7 Å². The third kappa shape index (κ3) is 4.13. The van der Waals surface area contributed by atoms with Gasteiger partial charge in [0.2, 0.25) is 0 Å². The van der Waals surface area contributed by atoms with Gasteiger partial charge < -0.3 is 15.5 Å². The Balaban J connectivity index is 1.99. The van der Waals surface area contributed by atoms with Crippen molar-refractivity contribution >= 4 is 17.5 Å². The Hall–Kier alpha value is -2.97. The second-order valence-corrected chi connectivity index (χ2v) is 7.22. The highest BCUT2D eigenvalue weighted by Crippen LogP contribution is 2.36. The Kier molecular flexibility index (Phi) is 5.91. The maximum Gasteiger partial charge on any atom is 0.135 e. The van der Waals surface area contributed by atoms with Gasteiger partial charge in [-0.1, -0.05) is 0 Å². The Morgan fingerprint density at radius 1 is 1.39 bits per heavy atom. The van der Waals surface area contributed by atoms with Gasteiger partial charge in [-0.25, -0.2) is 9.37 Å². The quantitative estimate of drug-likeness (QED) is 0.472. The highest BCUT2D eigenvalue weighted by Gasteiger charge is 2.36. The van der Waals surface area contributed by atoms with Gasteiger partial charge in [0.25, 0.3) is 0 Å². The summed E-state index contributed by atoms with van der Waals surface area (Å²) in [4.78, 5) is 10.6. The zero-order valence-electron chi connectivity index (χ0n) is 16.2. The van der Waals surface area contributed by atoms with Crippen molar-refractivity contribution in [1.29, 1.82) is 10.5 Å². The van der Waals surface area contributed by atoms with E-state index in [1.165, 1.54) is 0 Å². The van der Waals surface area contributed by atoms with Crippen LogP contribution >= 0.6 is 0 Å². The van der Waals surface area contributed by atoms with Gasteiger partial charge in [0.1, 0.15) is 23.6 Å². The lowest BCUT2D eigenvalue weighted by Gasteiger charge is -2.37. The summed E-state index contributed by atoms with van der Waals surface area (Å²) >= 11 is 0. The number of aliphatic imine (C=N–C) groups is 1. The van der Waals surface area contributed by atoms with Crippen LogP contribution in [0, 0.1) is 22.7 Å². The zero-order valence-corrected chi connectivity index (χ0v) is 16.2. The molecule has 2 aliphatic rings. The SMILES string of the molecule is CN=C(/C=C(\C)C#N)Nc1cc(C2(C#N)CCNCC2)cc(N2CC(F)C2)n1. The van der Waals surface area contributed by atoms with Crippen molar-refractivity contribution < 1.29 is 4.39 Å². The first-order valence-electron chi connectivity index (χ1n) is 9.35. The van der Waals surface area contributed by atoms with E-state index < -0.39 is 11.6 Å². The normalized spacial score (nSPS) is 20.1. The average Bonchev–Trinajstić information content (AvgIpc) is 2.71. The number of alkyl halides is 1. The van der Waals surface area contributed by atoms with E-state index in [-0.39, 0.29) is 0 Å². The number of allylic oxidation sites excluding steroid dienone is 1. The molecule has 1 aromatic heterocycles. The van der Waals surface area contributed by atoms with Crippen molar-refractivity contribution in [3.05, 3.63) is 29.3 Å². The molecule has 28 heavy (non-hydrogen) atoms. The van der Waals surface area contributed by atoms with Crippen LogP contribution in [0.2, 0.25) is 0 Å². The molecule has 2 N–H and O–H groups in total. The molecule has 0 bridgehead atoms. The molecule has 0 aliphatic carbocycles. The van der Waals surface area contributed by atoms with Gasteiger partial charge in [-0.15, -0.1) is 0 Å². The zero-order chi connectivity index (χ0) is 20.1. The molecule has 2 saturated heterocycles. The fourth-order valence-electron chi connectivity index (χ4n) is 3.47. The molecule has 0 atom stereocenters. The summed E-state index contributed by atoms with van der Waals surface area (Å²) in [6.45, 7) is 3.85. The predicted octanol–water partition coefficient (Wildman–Crippen LogP) is 2.29. The smallest absolute Gasteiger partial charge is 0.135 e. The minimum Gasteiger partial charge on any atom is -0.351 e. The first-order valence-corrected chi connectivity index (χ1v) is 9.35. The van der Waals surface area contributed by atoms with Crippen LogP contribution in [0.15, 0.2) is 28.8 Å². The van der Waals surface area contributed by atoms with Crippen molar-refractivity contribution in [2.45, 2.75) is 31.4 Å². The lowest BCUT2D eigenvalue weighted by molar-refractivity contribution is 0.273. The van der Waals surface area contributed by atoms with Gasteiger partial charge in [-0.3, -0.25) is 4.99 Å². The summed E-state index contributed by atoms with van der Waals surface area (Å²) in [7, 11) is 1.63. The maximum absolute atomic E-state index is 13.4. The van der Waals surface area contributed by atoms with Crippen molar-refractivity contribution in [3.63, 3.8) is 0 Å². The fraction of sp³-hybridized carbons (Fsp3) is 0.500. The van der Waals surface area contributed by atoms with E-state index >= 15 is 0 Å². The highest BCUT2D eigenvalue weighted by molar-refractivity contribution is 6.04. The molecule has 0 aromatic carbocycles. The predicted molar refractivity (Wildman–Crippen MR) is 107 cm³/mol. The summed E-state index contributed by atoms with van der Waals surface area (Å²) in [5.41, 5.74) is 0.795. The van der Waals surface area contributed by atoms with Gasteiger partial charge in [0.05, 0.1) is 30.6 Å². The van der Waals surface area contributed by atoms with Crippen LogP contribution in [0.3, 0.4) is 0 Å². The number of nitrogens with zero attached hydrogens (tertiary/aromatic N) is 5. The van der Waals surface area contributed by atoms with Crippen LogP contribution in [-0.4, -0.2) is 50.2 Å². The molecule has 3 rings (SSSR count). The number of pyridine rings is 1. The van der Waals surface area contributed by atoms with Gasteiger partial charge in [0.15, 0.2) is 0 Å². The summed E-state index contributed by atoms with van der Waals surface area (Å²) in [5, 5.41) is 25.4. The molecule has 0 radical (unpaired) electrons. The fourth-order valence-corrected chi connectivity index (χ4v) is 3.47. The molecule has 2 fully saturated rings. The maximum atomic E-state index is 13.4. The Bertz CT molecular complexity index is 866. The number of aromatic nitrogens is 1. The molecular formula is C20H24FN7. The summed E-state index contributed by atoms with van der Waals surface area (Å²) < 4.78 is 13.4. The third-order valence-electron chi connectivity index (χ3n) is 5.22. The minimum absolute atomic E-state index is 0.305. The molecule has 0 amide bonds. The van der Waals surface area contributed by atoms with Crippen molar-refractivity contribution in [3.8, 4) is 12.1 Å². The second-order valence-electron chi connectivity index (χ2n) is 7.22. The van der Waals surface area contributed by atoms with Gasteiger partial charge >= 0.3 is 0 Å². The first kappa shape index (κ1) is 19.8. The molecule has 8 heteroatoms. The van der Waals surface area contributed by atoms with E-state index in [1.54, 1.807) is 20.0 Å². The van der Waals surface area contributed by atoms with Crippen molar-refractivity contribution in [1.82, 2.24) is 10.3 Å². The van der Waals surface area contributed by atoms with E-state index in [0.29, 0.717) is 49.0 Å². The third-order valence-corrected chi connectivity index (χ3v) is 5.22. The molecule has 7 nitrogen and oxygen atoms in total. The van der Waals surface area contributed by atoms with Crippen LogP contribution in [0.5, 0.6) is 0 Å². The first-order chi connectivity index (χ1) is 13.5. The van der Waals surface area contributed by atoms with Crippen LogP contribution in [-0.2, 0) is 5.41 Å². The molecule has 146 valence electrons. The van der Waals surface area contributed by atoms with Gasteiger partial charge in [-0.2, -0.15) is 10.5 Å². The van der Waals surface area contributed by atoms with E-state index in [4.69, 9.17) is 5.26 Å². The second kappa shape index (κ2) is 8.37. The number of hydrogen-bond acceptors (Lipinski definition) is 6. The standard InChI is InChI=1S/C20H24FN7/c1-14(10-22)7-17(24-2)26-18-8-15(20(13-23)3-5-25-6-4-20)9-19(27-18)28-11-16(21)12-28/h7-9,16,25H,3-6,11-12H2,1-2H3,(H,24,26,27)/b14-7+. The highest BCUT2D eigenvalue weighted by atomic mass is 19.1. The Morgan fingerprint density at radius 3 is 2.68 bits per heavy atom. The number of rotatable bonds is 4. The van der Waals surface area contributed by atoms with Crippen LogP contribution in [0.1, 0.15) is 25.3 Å². The number of nitriles is 2. The van der Waals surface area contributed by atoms with Crippen molar-refractivity contribution in [2.75, 3.05) is 43.4 Å². The monoisotopic (exact) mass is 381 g/mol. The Morgan fingerprint density at radius 2 is 2.11 bits per heavy atom. The number of anilines is 2. The van der Waals surface area contributed by atoms with E-state index in [9.17, 15) is 9.65 Å². The molecule has 1 aromatic rings. The van der Waals surface area contributed by atoms with Crippen LogP contribution in [0.4, 0.5) is 16.0 Å². The lowest BCUT2D eigenvalue weighted by atomic mass is 9.74. The molecule has 0 unspecified atom stereocenters. The molecular weight excluding hydrogens is 357 g/mol. The number of nitrogens with one attached hydrogen (secondary N) is 2. The van der Waals surface area contributed by atoms with Crippen LogP contribution < -0.4 is 15.5 Å². The molecule has 0 spiro atoms. The Labute approximate surface area is 164 Å². The number of piperidine rings is 1.